The molecule has 3 aliphatic rings. The van der Waals surface area contributed by atoms with Crippen molar-refractivity contribution in [2.45, 2.75) is 63.6 Å². The summed E-state index contributed by atoms with van der Waals surface area (Å²) in [6.45, 7) is 0.530. The molecule has 3 aliphatic carbocycles. The second-order valence-corrected chi connectivity index (χ2v) is 7.79. The number of fused-ring (bicyclic) bond motifs is 2. The number of hydrogen-bond donors (Lipinski definition) is 2. The Morgan fingerprint density at radius 3 is 2.56 bits per heavy atom. The Morgan fingerprint density at radius 2 is 1.84 bits per heavy atom. The van der Waals surface area contributed by atoms with E-state index in [0.29, 0.717) is 24.5 Å². The van der Waals surface area contributed by atoms with Crippen molar-refractivity contribution >= 4 is 18.3 Å². The van der Waals surface area contributed by atoms with Crippen LogP contribution in [0.4, 0.5) is 0 Å². The summed E-state index contributed by atoms with van der Waals surface area (Å²) < 4.78 is 6.16. The van der Waals surface area contributed by atoms with E-state index in [0.717, 1.165) is 37.0 Å². The second kappa shape index (κ2) is 7.96. The van der Waals surface area contributed by atoms with Crippen molar-refractivity contribution in [3.05, 3.63) is 29.8 Å². The van der Waals surface area contributed by atoms with Gasteiger partial charge in [0.1, 0.15) is 5.75 Å². The van der Waals surface area contributed by atoms with Gasteiger partial charge >= 0.3 is 0 Å². The maximum absolute atomic E-state index is 12.6. The first-order chi connectivity index (χ1) is 11.7. The monoisotopic (exact) mass is 364 g/mol. The van der Waals surface area contributed by atoms with E-state index >= 15 is 0 Å². The minimum atomic E-state index is 0. The molecule has 3 N–H and O–H groups in total. The van der Waals surface area contributed by atoms with Gasteiger partial charge in [0.25, 0.3) is 0 Å². The van der Waals surface area contributed by atoms with Gasteiger partial charge in [0.05, 0.1) is 12.0 Å². The summed E-state index contributed by atoms with van der Waals surface area (Å²) in [6.07, 6.45) is 8.63. The Morgan fingerprint density at radius 1 is 1.12 bits per heavy atom. The third-order valence-electron chi connectivity index (χ3n) is 6.30. The third-order valence-corrected chi connectivity index (χ3v) is 6.30. The number of carbonyl (C=O) groups excluding carboxylic acids is 1. The molecule has 4 atom stereocenters. The van der Waals surface area contributed by atoms with Crippen LogP contribution in [-0.2, 0) is 11.3 Å². The van der Waals surface area contributed by atoms with Crippen molar-refractivity contribution in [2.24, 2.45) is 23.5 Å². The molecule has 0 spiro atoms. The number of carbonyl (C=O) groups is 1. The average Bonchev–Trinajstić information content (AvgIpc) is 3.31. The molecule has 4 unspecified atom stereocenters. The van der Waals surface area contributed by atoms with Crippen LogP contribution in [0, 0.1) is 17.8 Å². The van der Waals surface area contributed by atoms with E-state index in [1.165, 1.54) is 19.3 Å². The molecule has 0 radical (unpaired) electrons. The highest BCUT2D eigenvalue weighted by Gasteiger charge is 2.48. The van der Waals surface area contributed by atoms with Crippen molar-refractivity contribution in [1.82, 2.24) is 5.32 Å². The molecule has 4 rings (SSSR count). The number of hydrogen-bond acceptors (Lipinski definition) is 3. The quantitative estimate of drug-likeness (QED) is 0.841. The zero-order valence-corrected chi connectivity index (χ0v) is 15.5. The van der Waals surface area contributed by atoms with Crippen LogP contribution >= 0.6 is 12.4 Å². The minimum absolute atomic E-state index is 0. The molecule has 3 saturated carbocycles. The van der Waals surface area contributed by atoms with E-state index in [-0.39, 0.29) is 30.3 Å². The Bertz CT molecular complexity index is 601. The fourth-order valence-corrected chi connectivity index (χ4v) is 4.98. The Kier molecular flexibility index (Phi) is 5.90. The molecule has 3 fully saturated rings. The first-order valence-corrected chi connectivity index (χ1v) is 9.50. The van der Waals surface area contributed by atoms with Crippen LogP contribution in [0.25, 0.3) is 0 Å². The fourth-order valence-electron chi connectivity index (χ4n) is 4.98. The summed E-state index contributed by atoms with van der Waals surface area (Å²) in [4.78, 5) is 12.6. The predicted octanol–water partition coefficient (Wildman–Crippen LogP) is 3.42. The summed E-state index contributed by atoms with van der Waals surface area (Å²) in [5.41, 5.74) is 7.35. The lowest BCUT2D eigenvalue weighted by atomic mass is 9.84. The van der Waals surface area contributed by atoms with E-state index < -0.39 is 0 Å². The van der Waals surface area contributed by atoms with E-state index in [1.54, 1.807) is 0 Å². The van der Waals surface area contributed by atoms with Crippen LogP contribution in [0.5, 0.6) is 5.75 Å². The lowest BCUT2D eigenvalue weighted by Crippen LogP contribution is -2.45. The molecule has 5 heteroatoms. The van der Waals surface area contributed by atoms with E-state index in [2.05, 4.69) is 5.32 Å². The van der Waals surface area contributed by atoms with Crippen LogP contribution in [-0.4, -0.2) is 18.1 Å². The molecule has 0 aromatic heterocycles. The first-order valence-electron chi connectivity index (χ1n) is 9.50. The number of para-hydroxylation sites is 1. The molecular weight excluding hydrogens is 336 g/mol. The summed E-state index contributed by atoms with van der Waals surface area (Å²) >= 11 is 0. The molecule has 1 aromatic carbocycles. The number of benzene rings is 1. The van der Waals surface area contributed by atoms with Crippen LogP contribution in [0.15, 0.2) is 24.3 Å². The van der Waals surface area contributed by atoms with Crippen LogP contribution < -0.4 is 15.8 Å². The topological polar surface area (TPSA) is 64.4 Å². The lowest BCUT2D eigenvalue weighted by Gasteiger charge is -2.27. The normalized spacial score (nSPS) is 30.9. The first kappa shape index (κ1) is 18.5. The largest absolute Gasteiger partial charge is 0.490 e. The zero-order valence-electron chi connectivity index (χ0n) is 14.7. The standard InChI is InChI=1S/C20H28N2O2.ClH/c21-19-14-10-9-13(11-14)18(19)20(23)22-12-15-5-1-4-8-17(15)24-16-6-2-3-7-16;/h1,4-5,8,13-14,16,18-19H,2-3,6-7,9-12,21H2,(H,22,23);1H. The van der Waals surface area contributed by atoms with Crippen molar-refractivity contribution < 1.29 is 9.53 Å². The Hall–Kier alpha value is -1.26. The lowest BCUT2D eigenvalue weighted by molar-refractivity contribution is -0.127. The van der Waals surface area contributed by atoms with Gasteiger partial charge in [-0.15, -0.1) is 12.4 Å². The molecule has 0 heterocycles. The van der Waals surface area contributed by atoms with Gasteiger partial charge in [-0.05, 0) is 62.8 Å². The summed E-state index contributed by atoms with van der Waals surface area (Å²) in [7, 11) is 0. The van der Waals surface area contributed by atoms with Gasteiger partial charge in [-0.3, -0.25) is 4.79 Å². The van der Waals surface area contributed by atoms with E-state index in [9.17, 15) is 4.79 Å². The number of amides is 1. The molecule has 138 valence electrons. The van der Waals surface area contributed by atoms with E-state index in [1.807, 2.05) is 24.3 Å². The highest BCUT2D eigenvalue weighted by molar-refractivity contribution is 5.85. The molecule has 0 saturated heterocycles. The van der Waals surface area contributed by atoms with Crippen molar-refractivity contribution in [1.29, 1.82) is 0 Å². The predicted molar refractivity (Wildman–Crippen MR) is 101 cm³/mol. The van der Waals surface area contributed by atoms with Gasteiger partial charge in [-0.25, -0.2) is 0 Å². The Balaban J connectivity index is 0.00000182. The van der Waals surface area contributed by atoms with Gasteiger partial charge in [0.2, 0.25) is 5.91 Å². The molecule has 1 aromatic rings. The van der Waals surface area contributed by atoms with Crippen LogP contribution in [0.2, 0.25) is 0 Å². The van der Waals surface area contributed by atoms with Gasteiger partial charge in [0, 0.05) is 18.2 Å². The summed E-state index contributed by atoms with van der Waals surface area (Å²) in [5.74, 6) is 2.11. The third kappa shape index (κ3) is 3.80. The maximum Gasteiger partial charge on any atom is 0.225 e. The van der Waals surface area contributed by atoms with Gasteiger partial charge in [-0.1, -0.05) is 18.2 Å². The number of nitrogens with two attached hydrogens (primary N) is 1. The number of halogens is 1. The molecule has 1 amide bonds. The van der Waals surface area contributed by atoms with Crippen LogP contribution in [0.3, 0.4) is 0 Å². The van der Waals surface area contributed by atoms with Crippen molar-refractivity contribution in [2.75, 3.05) is 0 Å². The zero-order chi connectivity index (χ0) is 16.5. The van der Waals surface area contributed by atoms with Crippen LogP contribution in [0.1, 0.15) is 50.5 Å². The van der Waals surface area contributed by atoms with Gasteiger partial charge in [-0.2, -0.15) is 0 Å². The SMILES string of the molecule is Cl.NC1C2CCC(C2)C1C(=O)NCc1ccccc1OC1CCCC1. The number of rotatable bonds is 5. The van der Waals surface area contributed by atoms with Gasteiger partial charge in [0.15, 0.2) is 0 Å². The highest BCUT2D eigenvalue weighted by atomic mass is 35.5. The van der Waals surface area contributed by atoms with E-state index in [4.69, 9.17) is 10.5 Å². The molecule has 2 bridgehead atoms. The van der Waals surface area contributed by atoms with Crippen molar-refractivity contribution in [3.63, 3.8) is 0 Å². The number of nitrogens with one attached hydrogen (secondary N) is 1. The molecule has 0 aliphatic heterocycles. The summed E-state index contributed by atoms with van der Waals surface area (Å²) in [6, 6.07) is 8.12. The number of ether oxygens (including phenoxy) is 1. The molecule has 25 heavy (non-hydrogen) atoms. The smallest absolute Gasteiger partial charge is 0.225 e. The Labute approximate surface area is 156 Å². The average molecular weight is 365 g/mol. The minimum Gasteiger partial charge on any atom is -0.490 e. The van der Waals surface area contributed by atoms with Crippen molar-refractivity contribution in [3.8, 4) is 5.75 Å². The molecule has 4 nitrogen and oxygen atoms in total. The summed E-state index contributed by atoms with van der Waals surface area (Å²) in [5, 5.41) is 3.12. The molecular formula is C20H29ClN2O2. The second-order valence-electron chi connectivity index (χ2n) is 7.79. The highest BCUT2D eigenvalue weighted by Crippen LogP contribution is 2.47. The maximum atomic E-state index is 12.6. The van der Waals surface area contributed by atoms with Gasteiger partial charge < -0.3 is 15.8 Å². The fraction of sp³-hybridized carbons (Fsp3) is 0.650.